The summed E-state index contributed by atoms with van der Waals surface area (Å²) in [6.07, 6.45) is 0. The molecular formula is C15H16ClF2NO2. The minimum atomic E-state index is -0.667. The lowest BCUT2D eigenvalue weighted by molar-refractivity contribution is 0.162. The van der Waals surface area contributed by atoms with Crippen LogP contribution in [0.1, 0.15) is 30.0 Å². The van der Waals surface area contributed by atoms with E-state index in [0.29, 0.717) is 24.7 Å². The summed E-state index contributed by atoms with van der Waals surface area (Å²) in [6, 6.07) is 4.92. The highest BCUT2D eigenvalue weighted by Gasteiger charge is 2.22. The number of ether oxygens (including phenoxy) is 1. The number of furan rings is 1. The van der Waals surface area contributed by atoms with E-state index < -0.39 is 17.7 Å². The molecule has 1 aromatic carbocycles. The van der Waals surface area contributed by atoms with Crippen molar-refractivity contribution in [1.29, 1.82) is 0 Å². The zero-order chi connectivity index (χ0) is 15.4. The van der Waals surface area contributed by atoms with Gasteiger partial charge < -0.3 is 14.5 Å². The van der Waals surface area contributed by atoms with Gasteiger partial charge in [0.05, 0.1) is 11.1 Å². The van der Waals surface area contributed by atoms with Gasteiger partial charge in [0.15, 0.2) is 0 Å². The van der Waals surface area contributed by atoms with Crippen LogP contribution in [0.25, 0.3) is 0 Å². The molecule has 0 saturated carbocycles. The highest BCUT2D eigenvalue weighted by atomic mass is 35.5. The van der Waals surface area contributed by atoms with Crippen molar-refractivity contribution in [2.24, 2.45) is 0 Å². The van der Waals surface area contributed by atoms with Crippen molar-refractivity contribution in [3.05, 3.63) is 58.0 Å². The summed E-state index contributed by atoms with van der Waals surface area (Å²) in [4.78, 5) is 0. The lowest BCUT2D eigenvalue weighted by Crippen LogP contribution is -2.22. The van der Waals surface area contributed by atoms with Gasteiger partial charge >= 0.3 is 0 Å². The monoisotopic (exact) mass is 315 g/mol. The van der Waals surface area contributed by atoms with Crippen molar-refractivity contribution in [2.75, 3.05) is 13.7 Å². The molecule has 2 rings (SSSR count). The fourth-order valence-corrected chi connectivity index (χ4v) is 2.25. The first-order valence-corrected chi connectivity index (χ1v) is 6.90. The minimum Gasteiger partial charge on any atom is -0.462 e. The number of rotatable bonds is 6. The Morgan fingerprint density at radius 1 is 1.29 bits per heavy atom. The molecule has 0 aliphatic carbocycles. The summed E-state index contributed by atoms with van der Waals surface area (Å²) in [7, 11) is 1.55. The molecule has 0 spiro atoms. The molecule has 0 fully saturated rings. The van der Waals surface area contributed by atoms with Gasteiger partial charge in [-0.25, -0.2) is 8.78 Å². The highest BCUT2D eigenvalue weighted by molar-refractivity contribution is 6.30. The zero-order valence-corrected chi connectivity index (χ0v) is 12.5. The van der Waals surface area contributed by atoms with Crippen LogP contribution in [0.15, 0.2) is 28.7 Å². The minimum absolute atomic E-state index is 0.150. The van der Waals surface area contributed by atoms with E-state index in [2.05, 4.69) is 5.32 Å². The maximum Gasteiger partial charge on any atom is 0.142 e. The standard InChI is InChI=1S/C15H16ClF2NO2/c1-3-19-15(14-5-4-9(21-14)8-20-2)10-6-13(18)11(16)7-12(10)17/h4-7,15,19H,3,8H2,1-2H3. The van der Waals surface area contributed by atoms with E-state index in [-0.39, 0.29) is 10.6 Å². The molecule has 0 aliphatic heterocycles. The number of nitrogens with one attached hydrogen (secondary N) is 1. The zero-order valence-electron chi connectivity index (χ0n) is 11.8. The molecule has 0 amide bonds. The third-order valence-corrected chi connectivity index (χ3v) is 3.30. The van der Waals surface area contributed by atoms with Crippen LogP contribution in [0, 0.1) is 11.6 Å². The van der Waals surface area contributed by atoms with E-state index in [1.807, 2.05) is 6.92 Å². The van der Waals surface area contributed by atoms with Crippen molar-refractivity contribution in [3.8, 4) is 0 Å². The first-order valence-electron chi connectivity index (χ1n) is 6.52. The molecule has 3 nitrogen and oxygen atoms in total. The molecule has 114 valence electrons. The van der Waals surface area contributed by atoms with Gasteiger partial charge in [-0.05, 0) is 30.8 Å². The Labute approximate surface area is 126 Å². The maximum atomic E-state index is 14.1. The summed E-state index contributed by atoms with van der Waals surface area (Å²) in [5, 5.41) is 2.83. The second-order valence-electron chi connectivity index (χ2n) is 4.52. The Morgan fingerprint density at radius 2 is 2.05 bits per heavy atom. The molecule has 1 heterocycles. The van der Waals surface area contributed by atoms with Crippen molar-refractivity contribution < 1.29 is 17.9 Å². The van der Waals surface area contributed by atoms with Crippen LogP contribution in [0.2, 0.25) is 5.02 Å². The van der Waals surface area contributed by atoms with Gasteiger partial charge in [-0.15, -0.1) is 0 Å². The van der Waals surface area contributed by atoms with Gasteiger partial charge in [0.2, 0.25) is 0 Å². The Balaban J connectivity index is 2.40. The number of halogens is 3. The molecule has 0 saturated heterocycles. The number of hydrogen-bond acceptors (Lipinski definition) is 3. The quantitative estimate of drug-likeness (QED) is 0.816. The molecule has 6 heteroatoms. The van der Waals surface area contributed by atoms with Crippen LogP contribution in [0.5, 0.6) is 0 Å². The van der Waals surface area contributed by atoms with Crippen LogP contribution < -0.4 is 5.32 Å². The summed E-state index contributed by atoms with van der Waals surface area (Å²) in [6.45, 7) is 2.75. The predicted octanol–water partition coefficient (Wildman–Crippen LogP) is 4.06. The molecule has 1 aromatic heterocycles. The molecule has 1 atom stereocenters. The molecule has 0 radical (unpaired) electrons. The van der Waals surface area contributed by atoms with Crippen LogP contribution in [-0.4, -0.2) is 13.7 Å². The molecule has 0 aliphatic rings. The summed E-state index contributed by atoms with van der Waals surface area (Å²) in [5.74, 6) is -0.147. The molecular weight excluding hydrogens is 300 g/mol. The summed E-state index contributed by atoms with van der Waals surface area (Å²) < 4.78 is 38.3. The Bertz CT molecular complexity index is 616. The number of hydrogen-bond donors (Lipinski definition) is 1. The fraction of sp³-hybridized carbons (Fsp3) is 0.333. The SMILES string of the molecule is CCNC(c1ccc(COC)o1)c1cc(F)c(Cl)cc1F. The lowest BCUT2D eigenvalue weighted by atomic mass is 10.0. The maximum absolute atomic E-state index is 14.1. The lowest BCUT2D eigenvalue weighted by Gasteiger charge is -2.17. The van der Waals surface area contributed by atoms with Gasteiger partial charge in [-0.3, -0.25) is 0 Å². The highest BCUT2D eigenvalue weighted by Crippen LogP contribution is 2.29. The van der Waals surface area contributed by atoms with Gasteiger partial charge in [-0.1, -0.05) is 18.5 Å². The Morgan fingerprint density at radius 3 is 2.71 bits per heavy atom. The topological polar surface area (TPSA) is 34.4 Å². The summed E-state index contributed by atoms with van der Waals surface area (Å²) >= 11 is 5.58. The average Bonchev–Trinajstić information content (AvgIpc) is 2.89. The fourth-order valence-electron chi connectivity index (χ4n) is 2.10. The summed E-state index contributed by atoms with van der Waals surface area (Å²) in [5.41, 5.74) is 0.150. The predicted molar refractivity (Wildman–Crippen MR) is 76.3 cm³/mol. The van der Waals surface area contributed by atoms with Crippen LogP contribution >= 0.6 is 11.6 Å². The molecule has 1 N–H and O–H groups in total. The number of methoxy groups -OCH3 is 1. The van der Waals surface area contributed by atoms with Gasteiger partial charge in [0.25, 0.3) is 0 Å². The van der Waals surface area contributed by atoms with E-state index in [9.17, 15) is 8.78 Å². The van der Waals surface area contributed by atoms with E-state index in [0.717, 1.165) is 12.1 Å². The van der Waals surface area contributed by atoms with Gasteiger partial charge in [0, 0.05) is 12.7 Å². The van der Waals surface area contributed by atoms with Crippen LogP contribution in [-0.2, 0) is 11.3 Å². The first-order chi connectivity index (χ1) is 10.1. The van der Waals surface area contributed by atoms with Crippen LogP contribution in [0.4, 0.5) is 8.78 Å². The van der Waals surface area contributed by atoms with E-state index >= 15 is 0 Å². The average molecular weight is 316 g/mol. The van der Waals surface area contributed by atoms with E-state index in [4.69, 9.17) is 20.8 Å². The normalized spacial score (nSPS) is 12.6. The van der Waals surface area contributed by atoms with Crippen molar-refractivity contribution in [1.82, 2.24) is 5.32 Å². The van der Waals surface area contributed by atoms with Gasteiger partial charge in [-0.2, -0.15) is 0 Å². The molecule has 2 aromatic rings. The van der Waals surface area contributed by atoms with Gasteiger partial charge in [0.1, 0.15) is 29.8 Å². The van der Waals surface area contributed by atoms with E-state index in [1.54, 1.807) is 19.2 Å². The molecule has 0 bridgehead atoms. The second-order valence-corrected chi connectivity index (χ2v) is 4.92. The van der Waals surface area contributed by atoms with Crippen LogP contribution in [0.3, 0.4) is 0 Å². The first kappa shape index (κ1) is 15.9. The van der Waals surface area contributed by atoms with Crippen molar-refractivity contribution >= 4 is 11.6 Å². The largest absolute Gasteiger partial charge is 0.462 e. The smallest absolute Gasteiger partial charge is 0.142 e. The third kappa shape index (κ3) is 3.61. The Hall–Kier alpha value is -1.43. The third-order valence-electron chi connectivity index (χ3n) is 3.01. The Kier molecular flexibility index (Phi) is 5.33. The van der Waals surface area contributed by atoms with E-state index in [1.165, 1.54) is 0 Å². The molecule has 21 heavy (non-hydrogen) atoms. The van der Waals surface area contributed by atoms with Crippen molar-refractivity contribution in [3.63, 3.8) is 0 Å². The van der Waals surface area contributed by atoms with Crippen molar-refractivity contribution in [2.45, 2.75) is 19.6 Å². The number of benzene rings is 1. The molecule has 1 unspecified atom stereocenters. The second kappa shape index (κ2) is 7.02.